The molecule has 1 aliphatic heterocycles. The van der Waals surface area contributed by atoms with Crippen LogP contribution in [0.5, 0.6) is 0 Å². The summed E-state index contributed by atoms with van der Waals surface area (Å²) in [5.41, 5.74) is 7.36. The highest BCUT2D eigenvalue weighted by Crippen LogP contribution is 2.51. The molecule has 0 bridgehead atoms. The fourth-order valence-electron chi connectivity index (χ4n) is 6.97. The van der Waals surface area contributed by atoms with E-state index in [1.165, 1.54) is 31.4 Å². The Bertz CT molecular complexity index is 2360. The number of rotatable bonds is 3. The molecule has 0 saturated carbocycles. The number of hydrogen-bond donors (Lipinski definition) is 0. The summed E-state index contributed by atoms with van der Waals surface area (Å²) in [4.78, 5) is 12.6. The zero-order valence-electron chi connectivity index (χ0n) is 23.8. The van der Waals surface area contributed by atoms with Crippen LogP contribution in [-0.2, 0) is 0 Å². The minimum Gasteiger partial charge on any atom is -0.333 e. The third-order valence-electron chi connectivity index (χ3n) is 9.07. The van der Waals surface area contributed by atoms with Crippen molar-refractivity contribution < 1.29 is 0 Å². The Hall–Kier alpha value is -5.31. The van der Waals surface area contributed by atoms with Crippen molar-refractivity contribution in [1.29, 1.82) is 5.26 Å². The molecule has 3 aliphatic rings. The van der Waals surface area contributed by atoms with Crippen LogP contribution in [0, 0.1) is 11.3 Å². The normalized spacial score (nSPS) is 17.9. The molecule has 0 radical (unpaired) electrons. The van der Waals surface area contributed by atoms with Gasteiger partial charge < -0.3 is 4.90 Å². The lowest BCUT2D eigenvalue weighted by Crippen LogP contribution is -2.33. The van der Waals surface area contributed by atoms with E-state index in [0.717, 1.165) is 45.9 Å². The molecule has 2 aromatic heterocycles. The number of nitriles is 1. The Morgan fingerprint density at radius 2 is 1.57 bits per heavy atom. The van der Waals surface area contributed by atoms with E-state index in [9.17, 15) is 5.26 Å². The predicted molar refractivity (Wildman–Crippen MR) is 181 cm³/mol. The number of hydrogen-bond acceptors (Lipinski definition) is 5. The van der Waals surface area contributed by atoms with Crippen molar-refractivity contribution in [3.63, 3.8) is 0 Å². The van der Waals surface area contributed by atoms with Crippen LogP contribution in [0.1, 0.15) is 29.9 Å². The number of fused-ring (bicyclic) bond motifs is 7. The molecule has 2 atom stereocenters. The topological polar surface area (TPSA) is 52.8 Å². The Balaban J connectivity index is 1.15. The van der Waals surface area contributed by atoms with Gasteiger partial charge in [0.05, 0.1) is 28.7 Å². The Morgan fingerprint density at radius 1 is 0.773 bits per heavy atom. The van der Waals surface area contributed by atoms with Gasteiger partial charge in [0.25, 0.3) is 0 Å². The number of nitrogens with zero attached hydrogens (tertiary/aromatic N) is 4. The summed E-state index contributed by atoms with van der Waals surface area (Å²) in [6.07, 6.45) is 15.4. The average molecular weight is 583 g/mol. The van der Waals surface area contributed by atoms with Crippen molar-refractivity contribution in [2.24, 2.45) is 0 Å². The summed E-state index contributed by atoms with van der Waals surface area (Å²) in [6, 6.07) is 32.4. The second-order valence-electron chi connectivity index (χ2n) is 11.6. The van der Waals surface area contributed by atoms with Crippen molar-refractivity contribution in [2.75, 3.05) is 4.90 Å². The van der Waals surface area contributed by atoms with Gasteiger partial charge in [-0.15, -0.1) is 11.3 Å². The molecule has 6 aromatic rings. The second kappa shape index (κ2) is 9.87. The smallest absolute Gasteiger partial charge is 0.160 e. The summed E-state index contributed by atoms with van der Waals surface area (Å²) in [5.74, 6) is 1.03. The van der Waals surface area contributed by atoms with E-state index in [0.29, 0.717) is 17.3 Å². The summed E-state index contributed by atoms with van der Waals surface area (Å²) in [6.45, 7) is 0. The van der Waals surface area contributed by atoms with Gasteiger partial charge in [-0.1, -0.05) is 66.8 Å². The molecule has 3 heterocycles. The fourth-order valence-corrected chi connectivity index (χ4v) is 8.10. The van der Waals surface area contributed by atoms with Crippen LogP contribution in [0.25, 0.3) is 55.0 Å². The third-order valence-corrected chi connectivity index (χ3v) is 10.2. The van der Waals surface area contributed by atoms with Gasteiger partial charge in [0.2, 0.25) is 0 Å². The van der Waals surface area contributed by atoms with Crippen LogP contribution in [0.4, 0.5) is 11.4 Å². The largest absolute Gasteiger partial charge is 0.333 e. The van der Waals surface area contributed by atoms with Gasteiger partial charge >= 0.3 is 0 Å². The quantitative estimate of drug-likeness (QED) is 0.211. The van der Waals surface area contributed by atoms with Gasteiger partial charge in [0.1, 0.15) is 0 Å². The number of thiophene rings is 1. The number of allylic oxidation sites excluding steroid dienone is 2. The lowest BCUT2D eigenvalue weighted by molar-refractivity contribution is 0.745. The first-order valence-corrected chi connectivity index (χ1v) is 15.9. The van der Waals surface area contributed by atoms with Crippen molar-refractivity contribution >= 4 is 55.0 Å². The lowest BCUT2D eigenvalue weighted by Gasteiger charge is -2.28. The van der Waals surface area contributed by atoms with Crippen LogP contribution in [0.15, 0.2) is 109 Å². The van der Waals surface area contributed by atoms with Crippen LogP contribution >= 0.6 is 11.3 Å². The molecule has 0 saturated heterocycles. The van der Waals surface area contributed by atoms with Crippen molar-refractivity contribution in [3.8, 4) is 28.7 Å². The maximum atomic E-state index is 9.29. The molecule has 4 aromatic carbocycles. The summed E-state index contributed by atoms with van der Waals surface area (Å²) < 4.78 is 2.68. The average Bonchev–Trinajstić information content (AvgIpc) is 3.61. The molecule has 0 amide bonds. The number of anilines is 2. The molecule has 4 nitrogen and oxygen atoms in total. The molecule has 5 heteroatoms. The molecular formula is C39H26N4S. The zero-order chi connectivity index (χ0) is 29.2. The highest BCUT2D eigenvalue weighted by atomic mass is 32.1. The second-order valence-corrected chi connectivity index (χ2v) is 12.7. The summed E-state index contributed by atoms with van der Waals surface area (Å²) in [5, 5.41) is 14.0. The van der Waals surface area contributed by atoms with E-state index in [1.807, 2.05) is 35.6 Å². The fraction of sp³-hybridized carbons (Fsp3) is 0.103. The van der Waals surface area contributed by atoms with Crippen LogP contribution in [0.3, 0.4) is 0 Å². The van der Waals surface area contributed by atoms with Crippen LogP contribution < -0.4 is 15.5 Å². The van der Waals surface area contributed by atoms with Gasteiger partial charge in [0.15, 0.2) is 5.82 Å². The molecule has 2 aliphatic carbocycles. The van der Waals surface area contributed by atoms with Gasteiger partial charge in [-0.3, -0.25) is 0 Å². The maximum absolute atomic E-state index is 9.29. The van der Waals surface area contributed by atoms with Gasteiger partial charge in [-0.05, 0) is 73.0 Å². The highest BCUT2D eigenvalue weighted by Gasteiger charge is 2.38. The van der Waals surface area contributed by atoms with E-state index in [-0.39, 0.29) is 6.04 Å². The van der Waals surface area contributed by atoms with Crippen LogP contribution in [0.2, 0.25) is 0 Å². The standard InChI is InChI=1S/C39H26N4S/c40-23-24-13-15-25(16-14-24)38-30-9-1-4-10-33(30)41-39(42-38)26-17-19-27(20-18-26)43-34-11-5-2-7-28(34)31-22-37-32(21-35(31)43)29-8-3-6-12-36(29)44-37/h2-3,5-22,28,34H,1,4H2. The van der Waals surface area contributed by atoms with Crippen molar-refractivity contribution in [3.05, 3.63) is 131 Å². The summed E-state index contributed by atoms with van der Waals surface area (Å²) >= 11 is 1.88. The molecule has 0 N–H and O–H groups in total. The SMILES string of the molecule is N#Cc1ccc(-c2nc(-c3ccc(N4c5cc6c(cc5C5C=CC=CC54)sc4ccccc46)cc3)nc3c2=CCCC=3)cc1. The number of aromatic nitrogens is 2. The summed E-state index contributed by atoms with van der Waals surface area (Å²) in [7, 11) is 0. The van der Waals surface area contributed by atoms with E-state index in [4.69, 9.17) is 9.97 Å². The molecule has 2 unspecified atom stereocenters. The highest BCUT2D eigenvalue weighted by molar-refractivity contribution is 7.25. The predicted octanol–water partition coefficient (Wildman–Crippen LogP) is 8.13. The molecule has 44 heavy (non-hydrogen) atoms. The molecule has 0 spiro atoms. The minimum absolute atomic E-state index is 0.233. The third kappa shape index (κ3) is 3.88. The Labute approximate surface area is 258 Å². The van der Waals surface area contributed by atoms with Crippen molar-refractivity contribution in [2.45, 2.75) is 24.8 Å². The van der Waals surface area contributed by atoms with Crippen LogP contribution in [-0.4, -0.2) is 16.0 Å². The maximum Gasteiger partial charge on any atom is 0.160 e. The number of benzene rings is 4. The Kier molecular flexibility index (Phi) is 5.66. The molecule has 9 rings (SSSR count). The lowest BCUT2D eigenvalue weighted by atomic mass is 9.91. The van der Waals surface area contributed by atoms with Crippen molar-refractivity contribution in [1.82, 2.24) is 9.97 Å². The van der Waals surface area contributed by atoms with E-state index in [1.54, 1.807) is 0 Å². The van der Waals surface area contributed by atoms with Gasteiger partial charge in [-0.2, -0.15) is 5.26 Å². The van der Waals surface area contributed by atoms with E-state index >= 15 is 0 Å². The molecule has 208 valence electrons. The molecule has 0 fully saturated rings. The minimum atomic E-state index is 0.233. The monoisotopic (exact) mass is 582 g/mol. The van der Waals surface area contributed by atoms with Gasteiger partial charge in [0, 0.05) is 53.8 Å². The zero-order valence-corrected chi connectivity index (χ0v) is 24.6. The first kappa shape index (κ1) is 25.2. The van der Waals surface area contributed by atoms with E-state index in [2.05, 4.69) is 108 Å². The first-order valence-electron chi connectivity index (χ1n) is 15.0. The Morgan fingerprint density at radius 3 is 2.43 bits per heavy atom. The first-order chi connectivity index (χ1) is 21.7. The van der Waals surface area contributed by atoms with E-state index < -0.39 is 0 Å². The van der Waals surface area contributed by atoms with Gasteiger partial charge in [-0.25, -0.2) is 9.97 Å². The molecular weight excluding hydrogens is 557 g/mol.